The van der Waals surface area contributed by atoms with Crippen molar-refractivity contribution in [1.29, 1.82) is 0 Å². The maximum absolute atomic E-state index is 11.8. The molecule has 0 aromatic heterocycles. The summed E-state index contributed by atoms with van der Waals surface area (Å²) in [6.07, 6.45) is 0. The number of carboxylic acid groups (broad SMARTS) is 1. The molecule has 0 aliphatic rings. The van der Waals surface area contributed by atoms with Crippen LogP contribution in [0.3, 0.4) is 0 Å². The fourth-order valence-corrected chi connectivity index (χ4v) is 1.25. The number of carbonyl (C=O) groups excluding carboxylic acids is 2. The van der Waals surface area contributed by atoms with E-state index >= 15 is 0 Å². The van der Waals surface area contributed by atoms with Gasteiger partial charge < -0.3 is 16.2 Å². The van der Waals surface area contributed by atoms with Crippen LogP contribution in [0.1, 0.15) is 34.6 Å². The van der Waals surface area contributed by atoms with Crippen LogP contribution in [0.5, 0.6) is 0 Å². The summed E-state index contributed by atoms with van der Waals surface area (Å²) >= 11 is 0. The van der Waals surface area contributed by atoms with E-state index in [1.807, 2.05) is 0 Å². The molecule has 0 bridgehead atoms. The van der Waals surface area contributed by atoms with Crippen LogP contribution in [0.2, 0.25) is 0 Å². The van der Waals surface area contributed by atoms with Gasteiger partial charge in [-0.25, -0.2) is 4.79 Å². The summed E-state index contributed by atoms with van der Waals surface area (Å²) in [5, 5.41) is 11.3. The number of carbonyl (C=O) groups is 3. The Morgan fingerprint density at radius 2 is 1.63 bits per heavy atom. The molecule has 0 radical (unpaired) electrons. The highest BCUT2D eigenvalue weighted by Gasteiger charge is 2.25. The van der Waals surface area contributed by atoms with Gasteiger partial charge >= 0.3 is 5.97 Å². The molecule has 6 nitrogen and oxygen atoms in total. The van der Waals surface area contributed by atoms with E-state index in [0.29, 0.717) is 5.56 Å². The maximum atomic E-state index is 11.8. The van der Waals surface area contributed by atoms with E-state index in [4.69, 9.17) is 10.8 Å². The third-order valence-electron chi connectivity index (χ3n) is 2.75. The molecule has 0 spiro atoms. The number of benzene rings is 1. The van der Waals surface area contributed by atoms with Gasteiger partial charge in [0, 0.05) is 12.1 Å². The molecule has 0 fully saturated rings. The van der Waals surface area contributed by atoms with Crippen molar-refractivity contribution in [1.82, 2.24) is 5.32 Å². The average Bonchev–Trinajstić information content (AvgIpc) is 2.36. The summed E-state index contributed by atoms with van der Waals surface area (Å²) in [7, 11) is 0. The lowest BCUT2D eigenvalue weighted by Crippen LogP contribution is -2.42. The van der Waals surface area contributed by atoms with E-state index in [2.05, 4.69) is 5.32 Å². The van der Waals surface area contributed by atoms with E-state index in [0.717, 1.165) is 0 Å². The first-order chi connectivity index (χ1) is 8.74. The van der Waals surface area contributed by atoms with Crippen molar-refractivity contribution in [3.05, 3.63) is 35.4 Å². The molecule has 2 amide bonds. The van der Waals surface area contributed by atoms with Crippen molar-refractivity contribution in [3.63, 3.8) is 0 Å². The molecule has 0 saturated carbocycles. The Morgan fingerprint density at radius 3 is 2.05 bits per heavy atom. The molecule has 19 heavy (non-hydrogen) atoms. The maximum Gasteiger partial charge on any atom is 0.335 e. The molecule has 4 N–H and O–H groups in total. The van der Waals surface area contributed by atoms with Gasteiger partial charge in [0.15, 0.2) is 0 Å². The predicted octanol–water partition coefficient (Wildman–Crippen LogP) is 0.626. The van der Waals surface area contributed by atoms with Crippen LogP contribution in [0.4, 0.5) is 0 Å². The smallest absolute Gasteiger partial charge is 0.335 e. The third kappa shape index (κ3) is 3.80. The lowest BCUT2D eigenvalue weighted by molar-refractivity contribution is -0.125. The summed E-state index contributed by atoms with van der Waals surface area (Å²) in [6, 6.07) is 5.51. The number of nitrogens with one attached hydrogen (secondary N) is 1. The van der Waals surface area contributed by atoms with Crippen LogP contribution in [0.25, 0.3) is 0 Å². The van der Waals surface area contributed by atoms with Gasteiger partial charge in [0.05, 0.1) is 11.0 Å². The minimum Gasteiger partial charge on any atom is -0.478 e. The molecule has 0 unspecified atom stereocenters. The van der Waals surface area contributed by atoms with E-state index in [-0.39, 0.29) is 18.0 Å². The topological polar surface area (TPSA) is 109 Å². The second-order valence-electron chi connectivity index (χ2n) is 4.81. The van der Waals surface area contributed by atoms with Crippen molar-refractivity contribution in [2.75, 3.05) is 6.54 Å². The quantitative estimate of drug-likeness (QED) is 0.724. The highest BCUT2D eigenvalue weighted by molar-refractivity contribution is 5.96. The van der Waals surface area contributed by atoms with Crippen molar-refractivity contribution < 1.29 is 19.5 Å². The van der Waals surface area contributed by atoms with Crippen molar-refractivity contribution in [3.8, 4) is 0 Å². The fourth-order valence-electron chi connectivity index (χ4n) is 1.25. The number of aromatic carboxylic acids is 1. The zero-order chi connectivity index (χ0) is 14.6. The Kier molecular flexibility index (Phi) is 4.26. The van der Waals surface area contributed by atoms with E-state index in [1.165, 1.54) is 24.3 Å². The van der Waals surface area contributed by atoms with Gasteiger partial charge in [-0.2, -0.15) is 0 Å². The Morgan fingerprint density at radius 1 is 1.16 bits per heavy atom. The summed E-state index contributed by atoms with van der Waals surface area (Å²) in [6.45, 7) is 3.37. The van der Waals surface area contributed by atoms with Gasteiger partial charge in [0.1, 0.15) is 0 Å². The second kappa shape index (κ2) is 5.51. The van der Waals surface area contributed by atoms with E-state index in [9.17, 15) is 14.4 Å². The first-order valence-corrected chi connectivity index (χ1v) is 5.65. The van der Waals surface area contributed by atoms with Crippen LogP contribution in [-0.4, -0.2) is 29.4 Å². The molecule has 0 atom stereocenters. The summed E-state index contributed by atoms with van der Waals surface area (Å²) in [4.78, 5) is 33.5. The van der Waals surface area contributed by atoms with Crippen LogP contribution >= 0.6 is 0 Å². The van der Waals surface area contributed by atoms with Gasteiger partial charge in [0.2, 0.25) is 5.91 Å². The fraction of sp³-hybridized carbons (Fsp3) is 0.308. The highest BCUT2D eigenvalue weighted by Crippen LogP contribution is 2.12. The SMILES string of the molecule is CC(C)(CNC(=O)c1ccc(C(=O)O)cc1)C(N)=O. The normalized spacial score (nSPS) is 10.8. The molecule has 6 heteroatoms. The van der Waals surface area contributed by atoms with Crippen LogP contribution in [0.15, 0.2) is 24.3 Å². The summed E-state index contributed by atoms with van der Waals surface area (Å²) in [5.74, 6) is -1.94. The third-order valence-corrected chi connectivity index (χ3v) is 2.75. The zero-order valence-electron chi connectivity index (χ0n) is 10.8. The van der Waals surface area contributed by atoms with Crippen molar-refractivity contribution >= 4 is 17.8 Å². The largest absolute Gasteiger partial charge is 0.478 e. The molecular weight excluding hydrogens is 248 g/mol. The second-order valence-corrected chi connectivity index (χ2v) is 4.81. The molecule has 0 aliphatic heterocycles. The number of hydrogen-bond acceptors (Lipinski definition) is 3. The highest BCUT2D eigenvalue weighted by atomic mass is 16.4. The van der Waals surface area contributed by atoms with Crippen LogP contribution < -0.4 is 11.1 Å². The number of nitrogens with two attached hydrogens (primary N) is 1. The number of primary amides is 1. The Bertz CT molecular complexity index is 506. The molecule has 0 saturated heterocycles. The van der Waals surface area contributed by atoms with Crippen LogP contribution in [-0.2, 0) is 4.79 Å². The Labute approximate surface area is 110 Å². The molecule has 1 aromatic carbocycles. The monoisotopic (exact) mass is 264 g/mol. The van der Waals surface area contributed by atoms with Crippen molar-refractivity contribution in [2.24, 2.45) is 11.1 Å². The number of hydrogen-bond donors (Lipinski definition) is 3. The summed E-state index contributed by atoms with van der Waals surface area (Å²) < 4.78 is 0. The lowest BCUT2D eigenvalue weighted by Gasteiger charge is -2.20. The Hall–Kier alpha value is -2.37. The first-order valence-electron chi connectivity index (χ1n) is 5.65. The minimum absolute atomic E-state index is 0.106. The van der Waals surface area contributed by atoms with Crippen molar-refractivity contribution in [2.45, 2.75) is 13.8 Å². The predicted molar refractivity (Wildman–Crippen MR) is 68.7 cm³/mol. The molecule has 1 aromatic rings. The number of rotatable bonds is 5. The van der Waals surface area contributed by atoms with Crippen LogP contribution in [0, 0.1) is 5.41 Å². The lowest BCUT2D eigenvalue weighted by atomic mass is 9.92. The van der Waals surface area contributed by atoms with E-state index < -0.39 is 17.3 Å². The zero-order valence-corrected chi connectivity index (χ0v) is 10.8. The van der Waals surface area contributed by atoms with Gasteiger partial charge in [-0.1, -0.05) is 0 Å². The Balaban J connectivity index is 2.69. The average molecular weight is 264 g/mol. The molecule has 0 heterocycles. The molecule has 102 valence electrons. The molecule has 0 aliphatic carbocycles. The number of carboxylic acids is 1. The van der Waals surface area contributed by atoms with Gasteiger partial charge in [0.25, 0.3) is 5.91 Å². The van der Waals surface area contributed by atoms with Gasteiger partial charge in [-0.15, -0.1) is 0 Å². The van der Waals surface area contributed by atoms with Gasteiger partial charge in [-0.05, 0) is 38.1 Å². The molecule has 1 rings (SSSR count). The summed E-state index contributed by atoms with van der Waals surface area (Å²) in [5.41, 5.74) is 4.79. The van der Waals surface area contributed by atoms with E-state index in [1.54, 1.807) is 13.8 Å². The molecular formula is C13H16N2O4. The minimum atomic E-state index is -1.05. The van der Waals surface area contributed by atoms with Gasteiger partial charge in [-0.3, -0.25) is 9.59 Å². The standard InChI is InChI=1S/C13H16N2O4/c1-13(2,12(14)19)7-15-10(16)8-3-5-9(6-4-8)11(17)18/h3-6H,7H2,1-2H3,(H2,14,19)(H,15,16)(H,17,18). The number of amides is 2. The first kappa shape index (κ1) is 14.7.